The van der Waals surface area contributed by atoms with Crippen LogP contribution in [0.1, 0.15) is 35.2 Å². The summed E-state index contributed by atoms with van der Waals surface area (Å²) in [6.45, 7) is 2.67. The van der Waals surface area contributed by atoms with Gasteiger partial charge in [0.05, 0.1) is 15.5 Å². The molecule has 3 aromatic rings. The third-order valence-corrected chi connectivity index (χ3v) is 9.43. The lowest BCUT2D eigenvalue weighted by Crippen LogP contribution is -2.35. The van der Waals surface area contributed by atoms with Crippen LogP contribution >= 0.6 is 11.6 Å². The van der Waals surface area contributed by atoms with E-state index in [9.17, 15) is 21.6 Å². The number of halogens is 1. The summed E-state index contributed by atoms with van der Waals surface area (Å²) in [4.78, 5) is 13.1. The highest BCUT2D eigenvalue weighted by Gasteiger charge is 2.27. The van der Waals surface area contributed by atoms with E-state index in [0.29, 0.717) is 35.1 Å². The van der Waals surface area contributed by atoms with E-state index in [-0.39, 0.29) is 15.4 Å². The number of hydrogen-bond donors (Lipinski definition) is 2. The maximum absolute atomic E-state index is 13.0. The molecule has 8 nitrogen and oxygen atoms in total. The minimum atomic E-state index is -3.86. The van der Waals surface area contributed by atoms with Crippen LogP contribution in [-0.2, 0) is 20.0 Å². The first kappa shape index (κ1) is 26.2. The molecule has 1 aliphatic rings. The fraction of sp³-hybridized carbons (Fsp3) is 0.240. The van der Waals surface area contributed by atoms with Crippen LogP contribution in [0.5, 0.6) is 0 Å². The highest BCUT2D eigenvalue weighted by Crippen LogP contribution is 2.24. The Morgan fingerprint density at radius 1 is 0.833 bits per heavy atom. The molecular weight excluding hydrogens is 522 g/mol. The van der Waals surface area contributed by atoms with Crippen molar-refractivity contribution < 1.29 is 21.6 Å². The molecule has 36 heavy (non-hydrogen) atoms. The SMILES string of the molecule is Cc1ccc(S(=O)(=O)N2CCCCC2)cc1C(=O)Nc1ccc(S(=O)(=O)Nc2cccc(Cl)c2)cc1. The van der Waals surface area contributed by atoms with Crippen molar-refractivity contribution in [2.24, 2.45) is 0 Å². The van der Waals surface area contributed by atoms with E-state index in [1.807, 2.05) is 0 Å². The van der Waals surface area contributed by atoms with Crippen LogP contribution in [0, 0.1) is 6.92 Å². The van der Waals surface area contributed by atoms with Crippen LogP contribution in [0.25, 0.3) is 0 Å². The van der Waals surface area contributed by atoms with E-state index in [2.05, 4.69) is 10.0 Å². The fourth-order valence-electron chi connectivity index (χ4n) is 3.94. The summed E-state index contributed by atoms with van der Waals surface area (Å²) >= 11 is 5.91. The molecule has 1 fully saturated rings. The van der Waals surface area contributed by atoms with Gasteiger partial charge in [-0.2, -0.15) is 4.31 Å². The Morgan fingerprint density at radius 3 is 2.17 bits per heavy atom. The van der Waals surface area contributed by atoms with Gasteiger partial charge in [-0.05, 0) is 79.9 Å². The van der Waals surface area contributed by atoms with Crippen molar-refractivity contribution >= 4 is 48.9 Å². The number of nitrogens with zero attached hydrogens (tertiary/aromatic N) is 1. The van der Waals surface area contributed by atoms with Crippen molar-refractivity contribution in [1.82, 2.24) is 4.31 Å². The molecule has 0 atom stereocenters. The molecule has 0 aromatic heterocycles. The van der Waals surface area contributed by atoms with E-state index in [4.69, 9.17) is 11.6 Å². The molecule has 1 saturated heterocycles. The maximum atomic E-state index is 13.0. The third-order valence-electron chi connectivity index (χ3n) is 5.91. The minimum Gasteiger partial charge on any atom is -0.322 e. The second-order valence-electron chi connectivity index (χ2n) is 8.54. The summed E-state index contributed by atoms with van der Waals surface area (Å²) in [5.74, 6) is -0.490. The summed E-state index contributed by atoms with van der Waals surface area (Å²) < 4.78 is 55.3. The lowest BCUT2D eigenvalue weighted by molar-refractivity contribution is 0.102. The van der Waals surface area contributed by atoms with Crippen molar-refractivity contribution in [3.8, 4) is 0 Å². The minimum absolute atomic E-state index is 0.00581. The zero-order chi connectivity index (χ0) is 25.9. The van der Waals surface area contributed by atoms with Crippen LogP contribution in [0.4, 0.5) is 11.4 Å². The van der Waals surface area contributed by atoms with Gasteiger partial charge >= 0.3 is 0 Å². The van der Waals surface area contributed by atoms with Gasteiger partial charge in [-0.1, -0.05) is 30.2 Å². The van der Waals surface area contributed by atoms with Crippen LogP contribution in [0.2, 0.25) is 5.02 Å². The summed E-state index contributed by atoms with van der Waals surface area (Å²) in [6, 6.07) is 16.5. The molecular formula is C25H26ClN3O5S2. The monoisotopic (exact) mass is 547 g/mol. The molecule has 1 heterocycles. The third kappa shape index (κ3) is 5.89. The number of rotatable bonds is 7. The standard InChI is InChI=1S/C25H26ClN3O5S2/c1-18-8-11-23(36(33,34)29-14-3-2-4-15-29)17-24(18)25(30)27-20-9-12-22(13-10-20)35(31,32)28-21-7-5-6-19(26)16-21/h5-13,16-17,28H,2-4,14-15H2,1H3,(H,27,30). The van der Waals surface area contributed by atoms with Crippen molar-refractivity contribution in [3.05, 3.63) is 82.9 Å². The normalized spacial score (nSPS) is 14.8. The molecule has 2 N–H and O–H groups in total. The van der Waals surface area contributed by atoms with Crippen LogP contribution in [0.3, 0.4) is 0 Å². The van der Waals surface area contributed by atoms with E-state index in [1.165, 1.54) is 46.8 Å². The van der Waals surface area contributed by atoms with Crippen LogP contribution in [-0.4, -0.2) is 40.1 Å². The molecule has 3 aromatic carbocycles. The van der Waals surface area contributed by atoms with Gasteiger partial charge in [0, 0.05) is 29.4 Å². The summed E-state index contributed by atoms with van der Waals surface area (Å²) in [5.41, 5.74) is 1.54. The Kier molecular flexibility index (Phi) is 7.70. The zero-order valence-electron chi connectivity index (χ0n) is 19.6. The first-order valence-electron chi connectivity index (χ1n) is 11.4. The highest BCUT2D eigenvalue weighted by molar-refractivity contribution is 7.92. The van der Waals surface area contributed by atoms with Crippen LogP contribution in [0.15, 0.2) is 76.5 Å². The smallest absolute Gasteiger partial charge is 0.261 e. The first-order chi connectivity index (χ1) is 17.1. The molecule has 11 heteroatoms. The Balaban J connectivity index is 1.50. The molecule has 0 radical (unpaired) electrons. The van der Waals surface area contributed by atoms with E-state index >= 15 is 0 Å². The molecule has 0 bridgehead atoms. The van der Waals surface area contributed by atoms with Crippen molar-refractivity contribution in [2.75, 3.05) is 23.1 Å². The van der Waals surface area contributed by atoms with E-state index in [1.54, 1.807) is 31.2 Å². The number of amides is 1. The largest absolute Gasteiger partial charge is 0.322 e. The van der Waals surface area contributed by atoms with Crippen molar-refractivity contribution in [3.63, 3.8) is 0 Å². The maximum Gasteiger partial charge on any atom is 0.261 e. The number of carbonyl (C=O) groups excluding carboxylic acids is 1. The van der Waals surface area contributed by atoms with Gasteiger partial charge in [0.25, 0.3) is 15.9 Å². The highest BCUT2D eigenvalue weighted by atomic mass is 35.5. The Morgan fingerprint density at radius 2 is 1.50 bits per heavy atom. The first-order valence-corrected chi connectivity index (χ1v) is 14.7. The summed E-state index contributed by atoms with van der Waals surface area (Å²) in [7, 11) is -7.55. The number of piperidine rings is 1. The molecule has 190 valence electrons. The van der Waals surface area contributed by atoms with Crippen molar-refractivity contribution in [1.29, 1.82) is 0 Å². The van der Waals surface area contributed by atoms with Gasteiger partial charge in [-0.3, -0.25) is 9.52 Å². The Labute approximate surface area is 216 Å². The van der Waals surface area contributed by atoms with Gasteiger partial charge in [-0.15, -0.1) is 0 Å². The topological polar surface area (TPSA) is 113 Å². The predicted octanol–water partition coefficient (Wildman–Crippen LogP) is 4.88. The Hall–Kier alpha value is -2.92. The number of sulfonamides is 2. The summed E-state index contributed by atoms with van der Waals surface area (Å²) in [5, 5.41) is 3.11. The van der Waals surface area contributed by atoms with E-state index in [0.717, 1.165) is 19.3 Å². The van der Waals surface area contributed by atoms with Gasteiger partial charge < -0.3 is 5.32 Å². The second-order valence-corrected chi connectivity index (χ2v) is 12.6. The average Bonchev–Trinajstić information content (AvgIpc) is 2.85. The quantitative estimate of drug-likeness (QED) is 0.438. The number of aryl methyl sites for hydroxylation is 1. The zero-order valence-corrected chi connectivity index (χ0v) is 22.0. The lowest BCUT2D eigenvalue weighted by atomic mass is 10.1. The van der Waals surface area contributed by atoms with Gasteiger partial charge in [0.2, 0.25) is 10.0 Å². The molecule has 0 saturated carbocycles. The molecule has 0 spiro atoms. The number of nitrogens with one attached hydrogen (secondary N) is 2. The predicted molar refractivity (Wildman–Crippen MR) is 140 cm³/mol. The molecule has 0 aliphatic carbocycles. The van der Waals surface area contributed by atoms with Gasteiger partial charge in [0.1, 0.15) is 0 Å². The molecule has 1 amide bonds. The number of carbonyl (C=O) groups is 1. The second kappa shape index (κ2) is 10.6. The number of anilines is 2. The number of benzene rings is 3. The molecule has 1 aliphatic heterocycles. The average molecular weight is 548 g/mol. The van der Waals surface area contributed by atoms with Gasteiger partial charge in [-0.25, -0.2) is 16.8 Å². The van der Waals surface area contributed by atoms with Gasteiger partial charge in [0.15, 0.2) is 0 Å². The fourth-order valence-corrected chi connectivity index (χ4v) is 6.73. The van der Waals surface area contributed by atoms with Crippen LogP contribution < -0.4 is 10.0 Å². The van der Waals surface area contributed by atoms with Crippen molar-refractivity contribution in [2.45, 2.75) is 36.0 Å². The molecule has 0 unspecified atom stereocenters. The van der Waals surface area contributed by atoms with E-state index < -0.39 is 26.0 Å². The summed E-state index contributed by atoms with van der Waals surface area (Å²) in [6.07, 6.45) is 2.64. The Bertz CT molecular complexity index is 1480. The molecule has 4 rings (SSSR count). The number of hydrogen-bond acceptors (Lipinski definition) is 5. The lowest BCUT2D eigenvalue weighted by Gasteiger charge is -2.26.